The van der Waals surface area contributed by atoms with Gasteiger partial charge in [-0.2, -0.15) is 0 Å². The van der Waals surface area contributed by atoms with Crippen molar-refractivity contribution in [1.29, 1.82) is 0 Å². The highest BCUT2D eigenvalue weighted by atomic mass is 19.1. The van der Waals surface area contributed by atoms with Gasteiger partial charge in [0.15, 0.2) is 0 Å². The second-order valence-electron chi connectivity index (χ2n) is 8.72. The number of carbonyl (C=O) groups excluding carboxylic acids is 2. The third-order valence-electron chi connectivity index (χ3n) is 5.64. The molecule has 1 aromatic heterocycles. The number of amides is 2. The Hall–Kier alpha value is -3.32. The maximum Gasteiger partial charge on any atom is 0.252 e. The molecule has 1 N–H and O–H groups in total. The maximum atomic E-state index is 13.5. The number of aromatic nitrogens is 1. The molecule has 0 radical (unpaired) electrons. The minimum absolute atomic E-state index is 0.0930. The molecule has 1 aliphatic rings. The van der Waals surface area contributed by atoms with Crippen molar-refractivity contribution >= 4 is 22.7 Å². The molecule has 0 aliphatic carbocycles. The standard InChI is InChI=1S/C26H28FN3O3/c1-17(2)15-28-26(32)21-14-23(29-22-9-4-3-8-20(21)22)24-16-30(10-11-33-24)25(31)13-18-6-5-7-19(27)12-18/h3-9,12,14,17,24H,10-11,13,15-16H2,1-2H3,(H,28,32). The summed E-state index contributed by atoms with van der Waals surface area (Å²) >= 11 is 0. The van der Waals surface area contributed by atoms with Gasteiger partial charge in [-0.15, -0.1) is 0 Å². The highest BCUT2D eigenvalue weighted by Gasteiger charge is 2.28. The number of carbonyl (C=O) groups is 2. The van der Waals surface area contributed by atoms with E-state index >= 15 is 0 Å². The van der Waals surface area contributed by atoms with E-state index in [2.05, 4.69) is 5.32 Å². The second kappa shape index (κ2) is 10.1. The summed E-state index contributed by atoms with van der Waals surface area (Å²) in [6, 6.07) is 15.4. The summed E-state index contributed by atoms with van der Waals surface area (Å²) in [5, 5.41) is 3.75. The molecule has 0 bridgehead atoms. The predicted octanol–water partition coefficient (Wildman–Crippen LogP) is 3.90. The first kappa shape index (κ1) is 22.9. The fourth-order valence-electron chi connectivity index (χ4n) is 3.93. The number of para-hydroxylation sites is 1. The number of fused-ring (bicyclic) bond motifs is 1. The fourth-order valence-corrected chi connectivity index (χ4v) is 3.93. The Kier molecular flexibility index (Phi) is 6.99. The number of benzene rings is 2. The van der Waals surface area contributed by atoms with E-state index in [-0.39, 0.29) is 24.1 Å². The van der Waals surface area contributed by atoms with E-state index < -0.39 is 6.10 Å². The van der Waals surface area contributed by atoms with E-state index in [0.717, 1.165) is 5.39 Å². The topological polar surface area (TPSA) is 71.5 Å². The lowest BCUT2D eigenvalue weighted by atomic mass is 10.0. The van der Waals surface area contributed by atoms with Gasteiger partial charge in [0, 0.05) is 18.5 Å². The van der Waals surface area contributed by atoms with Gasteiger partial charge >= 0.3 is 0 Å². The SMILES string of the molecule is CC(C)CNC(=O)c1cc(C2CN(C(=O)Cc3cccc(F)c3)CCO2)nc2ccccc12. The number of pyridine rings is 1. The van der Waals surface area contributed by atoms with Gasteiger partial charge in [-0.1, -0.05) is 44.2 Å². The first-order valence-corrected chi connectivity index (χ1v) is 11.2. The van der Waals surface area contributed by atoms with Crippen molar-refractivity contribution in [3.8, 4) is 0 Å². The van der Waals surface area contributed by atoms with Crippen LogP contribution in [0, 0.1) is 11.7 Å². The molecule has 1 saturated heterocycles. The smallest absolute Gasteiger partial charge is 0.252 e. The van der Waals surface area contributed by atoms with Crippen LogP contribution in [0.3, 0.4) is 0 Å². The molecule has 2 amide bonds. The van der Waals surface area contributed by atoms with Crippen LogP contribution in [0.5, 0.6) is 0 Å². The van der Waals surface area contributed by atoms with Crippen molar-refractivity contribution in [3.63, 3.8) is 0 Å². The van der Waals surface area contributed by atoms with Crippen LogP contribution < -0.4 is 5.32 Å². The van der Waals surface area contributed by atoms with Crippen molar-refractivity contribution in [2.45, 2.75) is 26.4 Å². The number of nitrogens with one attached hydrogen (secondary N) is 1. The summed E-state index contributed by atoms with van der Waals surface area (Å²) in [4.78, 5) is 32.2. The van der Waals surface area contributed by atoms with Crippen molar-refractivity contribution in [2.75, 3.05) is 26.2 Å². The third-order valence-corrected chi connectivity index (χ3v) is 5.64. The van der Waals surface area contributed by atoms with Crippen LogP contribution in [0.1, 0.15) is 41.6 Å². The number of nitrogens with zero attached hydrogens (tertiary/aromatic N) is 2. The van der Waals surface area contributed by atoms with E-state index in [1.165, 1.54) is 12.1 Å². The Morgan fingerprint density at radius 3 is 2.79 bits per heavy atom. The Labute approximate surface area is 192 Å². The summed E-state index contributed by atoms with van der Waals surface area (Å²) in [6.45, 7) is 5.81. The van der Waals surface area contributed by atoms with Crippen LogP contribution in [0.15, 0.2) is 54.6 Å². The Balaban J connectivity index is 1.56. The zero-order chi connectivity index (χ0) is 23.4. The second-order valence-corrected chi connectivity index (χ2v) is 8.72. The van der Waals surface area contributed by atoms with Crippen LogP contribution >= 0.6 is 0 Å². The summed E-state index contributed by atoms with van der Waals surface area (Å²) in [5.74, 6) is -0.271. The largest absolute Gasteiger partial charge is 0.368 e. The molecule has 6 nitrogen and oxygen atoms in total. The number of halogens is 1. The van der Waals surface area contributed by atoms with Crippen LogP contribution in [0.25, 0.3) is 10.9 Å². The molecule has 2 aromatic carbocycles. The van der Waals surface area contributed by atoms with Crippen LogP contribution in [-0.4, -0.2) is 47.9 Å². The minimum Gasteiger partial charge on any atom is -0.368 e. The molecule has 172 valence electrons. The van der Waals surface area contributed by atoms with Crippen molar-refractivity contribution < 1.29 is 18.7 Å². The van der Waals surface area contributed by atoms with Gasteiger partial charge in [0.1, 0.15) is 11.9 Å². The van der Waals surface area contributed by atoms with Gasteiger partial charge in [0.2, 0.25) is 5.91 Å². The molecule has 7 heteroatoms. The van der Waals surface area contributed by atoms with Crippen molar-refractivity contribution in [2.24, 2.45) is 5.92 Å². The Morgan fingerprint density at radius 1 is 1.18 bits per heavy atom. The van der Waals surface area contributed by atoms with E-state index in [0.29, 0.717) is 54.5 Å². The fraction of sp³-hybridized carbons (Fsp3) is 0.346. The molecule has 33 heavy (non-hydrogen) atoms. The first-order valence-electron chi connectivity index (χ1n) is 11.2. The van der Waals surface area contributed by atoms with Crippen LogP contribution in [0.4, 0.5) is 4.39 Å². The minimum atomic E-state index is -0.448. The molecule has 0 saturated carbocycles. The highest BCUT2D eigenvalue weighted by Crippen LogP contribution is 2.26. The van der Waals surface area contributed by atoms with Gasteiger partial charge < -0.3 is 15.0 Å². The lowest BCUT2D eigenvalue weighted by Gasteiger charge is -2.33. The summed E-state index contributed by atoms with van der Waals surface area (Å²) < 4.78 is 19.4. The Morgan fingerprint density at radius 2 is 2.00 bits per heavy atom. The summed E-state index contributed by atoms with van der Waals surface area (Å²) in [6.07, 6.45) is -0.324. The quantitative estimate of drug-likeness (QED) is 0.620. The lowest BCUT2D eigenvalue weighted by Crippen LogP contribution is -2.43. The Bertz CT molecular complexity index is 1160. The van der Waals surface area contributed by atoms with Crippen molar-refractivity contribution in [1.82, 2.24) is 15.2 Å². The third kappa shape index (κ3) is 5.54. The number of hydrogen-bond acceptors (Lipinski definition) is 4. The normalized spacial score (nSPS) is 16.2. The van der Waals surface area contributed by atoms with Gasteiger partial charge in [-0.25, -0.2) is 9.37 Å². The zero-order valence-corrected chi connectivity index (χ0v) is 18.9. The molecule has 4 rings (SSSR count). The average Bonchev–Trinajstić information content (AvgIpc) is 2.82. The molecule has 1 atom stereocenters. The van der Waals surface area contributed by atoms with Gasteiger partial charge in [0.05, 0.1) is 36.3 Å². The average molecular weight is 450 g/mol. The number of rotatable bonds is 6. The summed E-state index contributed by atoms with van der Waals surface area (Å²) in [5.41, 5.74) is 2.50. The number of morpholine rings is 1. The van der Waals surface area contributed by atoms with Gasteiger partial charge in [-0.3, -0.25) is 9.59 Å². The molecule has 3 aromatic rings. The van der Waals surface area contributed by atoms with Gasteiger partial charge in [0.25, 0.3) is 5.91 Å². The monoisotopic (exact) mass is 449 g/mol. The molecule has 1 unspecified atom stereocenters. The molecule has 1 aliphatic heterocycles. The van der Waals surface area contributed by atoms with Gasteiger partial charge in [-0.05, 0) is 35.7 Å². The number of ether oxygens (including phenoxy) is 1. The molecular weight excluding hydrogens is 421 g/mol. The predicted molar refractivity (Wildman–Crippen MR) is 124 cm³/mol. The molecule has 0 spiro atoms. The number of hydrogen-bond donors (Lipinski definition) is 1. The summed E-state index contributed by atoms with van der Waals surface area (Å²) in [7, 11) is 0. The van der Waals surface area contributed by atoms with E-state index in [4.69, 9.17) is 9.72 Å². The maximum absolute atomic E-state index is 13.5. The van der Waals surface area contributed by atoms with E-state index in [1.54, 1.807) is 23.1 Å². The van der Waals surface area contributed by atoms with E-state index in [9.17, 15) is 14.0 Å². The first-order chi connectivity index (χ1) is 15.9. The van der Waals surface area contributed by atoms with E-state index in [1.807, 2.05) is 38.1 Å². The van der Waals surface area contributed by atoms with Crippen LogP contribution in [-0.2, 0) is 16.0 Å². The molecule has 2 heterocycles. The zero-order valence-electron chi connectivity index (χ0n) is 18.9. The molecule has 1 fully saturated rings. The van der Waals surface area contributed by atoms with Crippen molar-refractivity contribution in [3.05, 3.63) is 77.2 Å². The lowest BCUT2D eigenvalue weighted by molar-refractivity contribution is -0.138. The molecular formula is C26H28FN3O3. The highest BCUT2D eigenvalue weighted by molar-refractivity contribution is 6.06. The van der Waals surface area contributed by atoms with Crippen LogP contribution in [0.2, 0.25) is 0 Å².